The zero-order valence-corrected chi connectivity index (χ0v) is 7.29. The minimum absolute atomic E-state index is 0.833. The Labute approximate surface area is 67.6 Å². The van der Waals surface area contributed by atoms with Crippen molar-refractivity contribution in [1.82, 2.24) is 4.90 Å². The van der Waals surface area contributed by atoms with Crippen molar-refractivity contribution in [1.29, 1.82) is 0 Å². The number of carboxylic acid groups (broad SMARTS) is 1. The number of rotatable bonds is 2. The Bertz CT molecular complexity index is 150. The molecule has 3 nitrogen and oxygen atoms in total. The molecule has 0 atom stereocenters. The molecule has 0 aromatic rings. The van der Waals surface area contributed by atoms with E-state index in [9.17, 15) is 4.79 Å². The second-order valence-corrected chi connectivity index (χ2v) is 2.17. The lowest BCUT2D eigenvalue weighted by Crippen LogP contribution is -2.05. The van der Waals surface area contributed by atoms with Gasteiger partial charge in [-0.15, -0.1) is 0 Å². The van der Waals surface area contributed by atoms with Gasteiger partial charge in [0, 0.05) is 25.9 Å². The maximum absolute atomic E-state index is 9.25. The monoisotopic (exact) mass is 157 g/mol. The van der Waals surface area contributed by atoms with Crippen LogP contribution in [0.15, 0.2) is 24.9 Å². The fraction of sp³-hybridized carbons (Fsp3) is 0.375. The van der Waals surface area contributed by atoms with E-state index in [1.54, 1.807) is 0 Å². The molecule has 0 aliphatic heterocycles. The highest BCUT2D eigenvalue weighted by molar-refractivity contribution is 5.78. The first-order valence-corrected chi connectivity index (χ1v) is 3.10. The fourth-order valence-corrected chi connectivity index (χ4v) is 0. The van der Waals surface area contributed by atoms with Gasteiger partial charge in [-0.2, -0.15) is 0 Å². The van der Waals surface area contributed by atoms with E-state index in [1.807, 2.05) is 25.9 Å². The Morgan fingerprint density at radius 3 is 1.73 bits per heavy atom. The first-order chi connectivity index (χ1) is 4.91. The molecule has 3 heteroatoms. The smallest absolute Gasteiger partial charge is 0.327 e. The maximum atomic E-state index is 9.25. The minimum Gasteiger partial charge on any atom is -0.478 e. The van der Waals surface area contributed by atoms with Crippen LogP contribution >= 0.6 is 0 Å². The lowest BCUT2D eigenvalue weighted by Gasteiger charge is -2.08. The van der Waals surface area contributed by atoms with Gasteiger partial charge in [-0.3, -0.25) is 0 Å². The average Bonchev–Trinajstić information content (AvgIpc) is 1.89. The van der Waals surface area contributed by atoms with Crippen LogP contribution in [-0.2, 0) is 4.79 Å². The standard InChI is InChI=1S/C5H11N.C3H4O2/c1-5(2)6(3)4;1-2-3(4)5/h1H2,2-4H3;2H,1H2,(H,4,5). The number of hydrogen-bond acceptors (Lipinski definition) is 2. The van der Waals surface area contributed by atoms with Crippen LogP contribution in [0.2, 0.25) is 0 Å². The molecule has 0 aromatic carbocycles. The van der Waals surface area contributed by atoms with E-state index in [2.05, 4.69) is 13.2 Å². The highest BCUT2D eigenvalue weighted by atomic mass is 16.4. The number of hydrogen-bond donors (Lipinski definition) is 1. The van der Waals surface area contributed by atoms with Crippen molar-refractivity contribution in [3.63, 3.8) is 0 Å². The third-order valence-corrected chi connectivity index (χ3v) is 0.938. The molecule has 0 unspecified atom stereocenters. The summed E-state index contributed by atoms with van der Waals surface area (Å²) in [7, 11) is 3.95. The number of carbonyl (C=O) groups is 1. The van der Waals surface area contributed by atoms with Gasteiger partial charge in [0.15, 0.2) is 0 Å². The Kier molecular flexibility index (Phi) is 7.76. The predicted octanol–water partition coefficient (Wildman–Crippen LogP) is 1.34. The Hall–Kier alpha value is -1.25. The van der Waals surface area contributed by atoms with E-state index >= 15 is 0 Å². The van der Waals surface area contributed by atoms with Crippen molar-refractivity contribution in [2.24, 2.45) is 0 Å². The quantitative estimate of drug-likeness (QED) is 0.615. The molecule has 0 aliphatic rings. The summed E-state index contributed by atoms with van der Waals surface area (Å²) in [5, 5.41) is 7.60. The van der Waals surface area contributed by atoms with Gasteiger partial charge in [0.2, 0.25) is 0 Å². The lowest BCUT2D eigenvalue weighted by molar-refractivity contribution is -0.131. The van der Waals surface area contributed by atoms with E-state index in [0.29, 0.717) is 0 Å². The highest BCUT2D eigenvalue weighted by Gasteiger charge is 1.79. The van der Waals surface area contributed by atoms with Crippen LogP contribution in [0.1, 0.15) is 6.92 Å². The average molecular weight is 157 g/mol. The predicted molar refractivity (Wildman–Crippen MR) is 46.3 cm³/mol. The van der Waals surface area contributed by atoms with Crippen molar-refractivity contribution < 1.29 is 9.90 Å². The SMILES string of the molecule is C=C(C)N(C)C.C=CC(=O)O. The normalized spacial score (nSPS) is 7.18. The summed E-state index contributed by atoms with van der Waals surface area (Å²) in [6, 6.07) is 0. The van der Waals surface area contributed by atoms with E-state index in [1.165, 1.54) is 0 Å². The molecule has 0 aromatic heterocycles. The molecular formula is C8H15NO2. The summed E-state index contributed by atoms with van der Waals surface area (Å²) in [6.45, 7) is 8.61. The van der Waals surface area contributed by atoms with Gasteiger partial charge in [0.05, 0.1) is 0 Å². The fourth-order valence-electron chi connectivity index (χ4n) is 0. The van der Waals surface area contributed by atoms with Crippen LogP contribution in [0.5, 0.6) is 0 Å². The number of nitrogens with zero attached hydrogens (tertiary/aromatic N) is 1. The summed E-state index contributed by atoms with van der Waals surface area (Å²) in [5.41, 5.74) is 1.09. The van der Waals surface area contributed by atoms with Crippen LogP contribution < -0.4 is 0 Å². The topological polar surface area (TPSA) is 40.5 Å². The Morgan fingerprint density at radius 1 is 1.55 bits per heavy atom. The van der Waals surface area contributed by atoms with Crippen molar-refractivity contribution in [3.05, 3.63) is 24.9 Å². The first kappa shape index (κ1) is 12.4. The van der Waals surface area contributed by atoms with Crippen LogP contribution in [0.3, 0.4) is 0 Å². The maximum Gasteiger partial charge on any atom is 0.327 e. The van der Waals surface area contributed by atoms with Crippen LogP contribution in [0.25, 0.3) is 0 Å². The van der Waals surface area contributed by atoms with Crippen molar-refractivity contribution in [3.8, 4) is 0 Å². The molecule has 11 heavy (non-hydrogen) atoms. The molecule has 0 heterocycles. The van der Waals surface area contributed by atoms with Crippen molar-refractivity contribution in [2.75, 3.05) is 14.1 Å². The number of aliphatic carboxylic acids is 1. The van der Waals surface area contributed by atoms with Gasteiger partial charge < -0.3 is 10.0 Å². The lowest BCUT2D eigenvalue weighted by atomic mass is 10.5. The zero-order valence-electron chi connectivity index (χ0n) is 7.29. The molecule has 0 saturated heterocycles. The second kappa shape index (κ2) is 6.86. The molecule has 64 valence electrons. The van der Waals surface area contributed by atoms with Gasteiger partial charge in [-0.25, -0.2) is 4.79 Å². The van der Waals surface area contributed by atoms with Gasteiger partial charge in [-0.05, 0) is 6.92 Å². The summed E-state index contributed by atoms with van der Waals surface area (Å²) in [5.74, 6) is -0.981. The first-order valence-electron chi connectivity index (χ1n) is 3.10. The molecule has 0 rings (SSSR count). The van der Waals surface area contributed by atoms with Crippen molar-refractivity contribution in [2.45, 2.75) is 6.92 Å². The van der Waals surface area contributed by atoms with Gasteiger partial charge in [0.25, 0.3) is 0 Å². The molecule has 0 saturated carbocycles. The van der Waals surface area contributed by atoms with Crippen LogP contribution in [0, 0.1) is 0 Å². The van der Waals surface area contributed by atoms with E-state index in [4.69, 9.17) is 5.11 Å². The van der Waals surface area contributed by atoms with Crippen molar-refractivity contribution >= 4 is 5.97 Å². The molecule has 0 fully saturated rings. The van der Waals surface area contributed by atoms with E-state index < -0.39 is 5.97 Å². The van der Waals surface area contributed by atoms with E-state index in [0.717, 1.165) is 11.8 Å². The molecule has 0 aliphatic carbocycles. The third-order valence-electron chi connectivity index (χ3n) is 0.938. The number of carboxylic acids is 1. The van der Waals surface area contributed by atoms with Crippen LogP contribution in [-0.4, -0.2) is 30.1 Å². The Balaban J connectivity index is 0. The minimum atomic E-state index is -0.981. The number of allylic oxidation sites excluding steroid dienone is 1. The molecule has 0 radical (unpaired) electrons. The highest BCUT2D eigenvalue weighted by Crippen LogP contribution is 1.86. The van der Waals surface area contributed by atoms with Gasteiger partial charge >= 0.3 is 5.97 Å². The molecule has 1 N–H and O–H groups in total. The molecule has 0 bridgehead atoms. The van der Waals surface area contributed by atoms with Crippen LogP contribution in [0.4, 0.5) is 0 Å². The zero-order chi connectivity index (χ0) is 9.44. The summed E-state index contributed by atoms with van der Waals surface area (Å²) in [4.78, 5) is 11.2. The Morgan fingerprint density at radius 2 is 1.73 bits per heavy atom. The summed E-state index contributed by atoms with van der Waals surface area (Å²) >= 11 is 0. The van der Waals surface area contributed by atoms with Gasteiger partial charge in [-0.1, -0.05) is 13.2 Å². The second-order valence-electron chi connectivity index (χ2n) is 2.17. The summed E-state index contributed by atoms with van der Waals surface area (Å²) < 4.78 is 0. The third kappa shape index (κ3) is 17.7. The molecule has 0 spiro atoms. The van der Waals surface area contributed by atoms with Gasteiger partial charge in [0.1, 0.15) is 0 Å². The molecular weight excluding hydrogens is 142 g/mol. The summed E-state index contributed by atoms with van der Waals surface area (Å²) in [6.07, 6.45) is 0.833. The van der Waals surface area contributed by atoms with E-state index in [-0.39, 0.29) is 0 Å². The largest absolute Gasteiger partial charge is 0.478 e. The molecule has 0 amide bonds.